The molecule has 3 nitrogen and oxygen atoms in total. The van der Waals surface area contributed by atoms with Crippen molar-refractivity contribution in [2.45, 2.75) is 49.0 Å². The molecule has 2 atom stereocenters. The maximum absolute atomic E-state index is 6.17. The number of anilines is 1. The van der Waals surface area contributed by atoms with Crippen molar-refractivity contribution in [3.63, 3.8) is 0 Å². The van der Waals surface area contributed by atoms with Gasteiger partial charge in [-0.2, -0.15) is 23.5 Å². The van der Waals surface area contributed by atoms with Crippen LogP contribution in [0.3, 0.4) is 0 Å². The lowest BCUT2D eigenvalue weighted by Gasteiger charge is -2.27. The molecule has 5 heteroatoms. The largest absolute Gasteiger partial charge is 0.397 e. The highest BCUT2D eigenvalue weighted by Gasteiger charge is 2.28. The summed E-state index contributed by atoms with van der Waals surface area (Å²) in [6.07, 6.45) is 7.74. The molecule has 3 heterocycles. The van der Waals surface area contributed by atoms with Crippen molar-refractivity contribution in [1.82, 2.24) is 9.97 Å². The molecule has 122 valence electrons. The number of thioether (sulfide) groups is 2. The highest BCUT2D eigenvalue weighted by atomic mass is 32.2. The minimum absolute atomic E-state index is 0.498. The van der Waals surface area contributed by atoms with E-state index in [9.17, 15) is 0 Å². The molecule has 0 saturated carbocycles. The standard InChI is InChI=1S/C18H23N3S2/c19-12-6-5-7-13-16(12)21-18(15-9-2-4-11-23-15)17(20-13)14-8-1-3-10-22-14/h5-7,14-15H,1-4,8-11,19H2. The van der Waals surface area contributed by atoms with Gasteiger partial charge in [0, 0.05) is 10.5 Å². The molecule has 1 aromatic heterocycles. The lowest BCUT2D eigenvalue weighted by atomic mass is 10.0. The summed E-state index contributed by atoms with van der Waals surface area (Å²) in [5.74, 6) is 2.49. The predicted octanol–water partition coefficient (Wildman–Crippen LogP) is 5.13. The third-order valence-electron chi connectivity index (χ3n) is 4.75. The third kappa shape index (κ3) is 3.18. The summed E-state index contributed by atoms with van der Waals surface area (Å²) in [4.78, 5) is 10.1. The second kappa shape index (κ2) is 6.89. The Balaban J connectivity index is 1.83. The van der Waals surface area contributed by atoms with Crippen LogP contribution in [0.25, 0.3) is 11.0 Å². The number of nitrogens with zero attached hydrogens (tertiary/aromatic N) is 2. The Labute approximate surface area is 146 Å². The molecule has 0 amide bonds. The predicted molar refractivity (Wildman–Crippen MR) is 102 cm³/mol. The van der Waals surface area contributed by atoms with Crippen LogP contribution in [0.1, 0.15) is 60.4 Å². The number of aromatic nitrogens is 2. The topological polar surface area (TPSA) is 51.8 Å². The fraction of sp³-hybridized carbons (Fsp3) is 0.556. The number of fused-ring (bicyclic) bond motifs is 1. The van der Waals surface area contributed by atoms with Crippen LogP contribution < -0.4 is 5.73 Å². The van der Waals surface area contributed by atoms with E-state index in [1.165, 1.54) is 61.4 Å². The average Bonchev–Trinajstić information content (AvgIpc) is 2.63. The summed E-state index contributed by atoms with van der Waals surface area (Å²) >= 11 is 4.12. The molecule has 2 fully saturated rings. The molecule has 2 N–H and O–H groups in total. The number of nitrogens with two attached hydrogens (primary N) is 1. The van der Waals surface area contributed by atoms with Gasteiger partial charge >= 0.3 is 0 Å². The lowest BCUT2D eigenvalue weighted by molar-refractivity contribution is 0.642. The zero-order chi connectivity index (χ0) is 15.6. The smallest absolute Gasteiger partial charge is 0.112 e. The third-order valence-corrected chi connectivity index (χ3v) is 7.52. The van der Waals surface area contributed by atoms with Crippen molar-refractivity contribution in [1.29, 1.82) is 0 Å². The van der Waals surface area contributed by atoms with Gasteiger partial charge in [-0.3, -0.25) is 0 Å². The summed E-state index contributed by atoms with van der Waals surface area (Å²) in [6.45, 7) is 0. The SMILES string of the molecule is Nc1cccc2nc(C3CCCCS3)c(C3CCCCS3)nc12. The molecule has 2 unspecified atom stereocenters. The lowest BCUT2D eigenvalue weighted by Crippen LogP contribution is -2.14. The Kier molecular flexibility index (Phi) is 4.67. The zero-order valence-electron chi connectivity index (χ0n) is 13.3. The molecule has 0 radical (unpaired) electrons. The average molecular weight is 346 g/mol. The molecule has 2 aromatic rings. The molecule has 4 rings (SSSR count). The van der Waals surface area contributed by atoms with Gasteiger partial charge in [-0.25, -0.2) is 9.97 Å². The van der Waals surface area contributed by atoms with Crippen LogP contribution in [0.4, 0.5) is 5.69 Å². The number of para-hydroxylation sites is 1. The highest BCUT2D eigenvalue weighted by molar-refractivity contribution is 7.99. The van der Waals surface area contributed by atoms with Gasteiger partial charge in [0.25, 0.3) is 0 Å². The Morgan fingerprint density at radius 3 is 2.13 bits per heavy atom. The van der Waals surface area contributed by atoms with Gasteiger partial charge in [0.05, 0.1) is 22.6 Å². The number of hydrogen-bond acceptors (Lipinski definition) is 5. The normalized spacial score (nSPS) is 25.6. The first-order chi connectivity index (χ1) is 11.3. The number of nitrogen functional groups attached to an aromatic ring is 1. The van der Waals surface area contributed by atoms with Gasteiger partial charge in [0.15, 0.2) is 0 Å². The Bertz CT molecular complexity index is 692. The van der Waals surface area contributed by atoms with E-state index in [4.69, 9.17) is 15.7 Å². The number of benzene rings is 1. The van der Waals surface area contributed by atoms with Crippen LogP contribution in [0.5, 0.6) is 0 Å². The molecule has 2 saturated heterocycles. The van der Waals surface area contributed by atoms with Crippen molar-refractivity contribution >= 4 is 40.2 Å². The Morgan fingerprint density at radius 2 is 1.52 bits per heavy atom. The fourth-order valence-corrected chi connectivity index (χ4v) is 6.15. The molecule has 2 aliphatic rings. The van der Waals surface area contributed by atoms with Crippen LogP contribution >= 0.6 is 23.5 Å². The minimum atomic E-state index is 0.498. The van der Waals surface area contributed by atoms with Gasteiger partial charge in [-0.15, -0.1) is 0 Å². The van der Waals surface area contributed by atoms with Gasteiger partial charge < -0.3 is 5.73 Å². The number of rotatable bonds is 2. The van der Waals surface area contributed by atoms with Gasteiger partial charge in [-0.1, -0.05) is 18.9 Å². The molecule has 2 aliphatic heterocycles. The van der Waals surface area contributed by atoms with Crippen LogP contribution in [0.2, 0.25) is 0 Å². The molecule has 0 bridgehead atoms. The van der Waals surface area contributed by atoms with Crippen LogP contribution in [-0.4, -0.2) is 21.5 Å². The Morgan fingerprint density at radius 1 is 0.870 bits per heavy atom. The monoisotopic (exact) mass is 345 g/mol. The first-order valence-electron chi connectivity index (χ1n) is 8.62. The molecular weight excluding hydrogens is 322 g/mol. The van der Waals surface area contributed by atoms with Gasteiger partial charge in [-0.05, 0) is 49.3 Å². The van der Waals surface area contributed by atoms with E-state index in [2.05, 4.69) is 23.5 Å². The van der Waals surface area contributed by atoms with E-state index in [0.29, 0.717) is 10.5 Å². The minimum Gasteiger partial charge on any atom is -0.397 e. The maximum atomic E-state index is 6.17. The van der Waals surface area contributed by atoms with E-state index in [-0.39, 0.29) is 0 Å². The van der Waals surface area contributed by atoms with Crippen molar-refractivity contribution in [2.24, 2.45) is 0 Å². The van der Waals surface area contributed by atoms with Crippen LogP contribution in [-0.2, 0) is 0 Å². The summed E-state index contributed by atoms with van der Waals surface area (Å²) in [7, 11) is 0. The zero-order valence-corrected chi connectivity index (χ0v) is 15.0. The second-order valence-corrected chi connectivity index (χ2v) is 9.04. The van der Waals surface area contributed by atoms with Gasteiger partial charge in [0.1, 0.15) is 5.52 Å². The van der Waals surface area contributed by atoms with Crippen molar-refractivity contribution in [2.75, 3.05) is 17.2 Å². The first-order valence-corrected chi connectivity index (χ1v) is 10.7. The van der Waals surface area contributed by atoms with E-state index >= 15 is 0 Å². The molecule has 0 aliphatic carbocycles. The maximum Gasteiger partial charge on any atom is 0.112 e. The van der Waals surface area contributed by atoms with Crippen molar-refractivity contribution < 1.29 is 0 Å². The molecule has 0 spiro atoms. The second-order valence-electron chi connectivity index (χ2n) is 6.42. The van der Waals surface area contributed by atoms with E-state index < -0.39 is 0 Å². The van der Waals surface area contributed by atoms with E-state index in [1.54, 1.807) is 0 Å². The molecular formula is C18H23N3S2. The van der Waals surface area contributed by atoms with E-state index in [1.807, 2.05) is 18.2 Å². The number of hydrogen-bond donors (Lipinski definition) is 1. The Hall–Kier alpha value is -0.940. The summed E-state index contributed by atoms with van der Waals surface area (Å²) in [5, 5.41) is 1.01. The van der Waals surface area contributed by atoms with Gasteiger partial charge in [0.2, 0.25) is 0 Å². The van der Waals surface area contributed by atoms with E-state index in [0.717, 1.165) is 16.7 Å². The van der Waals surface area contributed by atoms with Crippen LogP contribution in [0.15, 0.2) is 18.2 Å². The van der Waals surface area contributed by atoms with Crippen molar-refractivity contribution in [3.8, 4) is 0 Å². The molecule has 23 heavy (non-hydrogen) atoms. The molecule has 1 aromatic carbocycles. The highest BCUT2D eigenvalue weighted by Crippen LogP contribution is 2.45. The van der Waals surface area contributed by atoms with Crippen LogP contribution in [0, 0.1) is 0 Å². The fourth-order valence-electron chi connectivity index (χ4n) is 3.51. The first kappa shape index (κ1) is 15.6. The quantitative estimate of drug-likeness (QED) is 0.765. The van der Waals surface area contributed by atoms with Crippen molar-refractivity contribution in [3.05, 3.63) is 29.6 Å². The summed E-state index contributed by atoms with van der Waals surface area (Å²) in [5.41, 5.74) is 11.2. The summed E-state index contributed by atoms with van der Waals surface area (Å²) in [6, 6.07) is 5.97. The summed E-state index contributed by atoms with van der Waals surface area (Å²) < 4.78 is 0.